The molecule has 22 heavy (non-hydrogen) atoms. The highest BCUT2D eigenvalue weighted by Crippen LogP contribution is 2.35. The van der Waals surface area contributed by atoms with E-state index < -0.39 is 4.92 Å². The molecule has 6 heteroatoms. The second-order valence-corrected chi connectivity index (χ2v) is 6.08. The van der Waals surface area contributed by atoms with Crippen LogP contribution in [0.15, 0.2) is 24.3 Å². The minimum atomic E-state index is -0.459. The summed E-state index contributed by atoms with van der Waals surface area (Å²) in [5.41, 5.74) is 0.487. The highest BCUT2D eigenvalue weighted by molar-refractivity contribution is 5.94. The summed E-state index contributed by atoms with van der Waals surface area (Å²) in [5, 5.41) is 10.7. The van der Waals surface area contributed by atoms with Gasteiger partial charge in [0.2, 0.25) is 0 Å². The molecule has 2 fully saturated rings. The summed E-state index contributed by atoms with van der Waals surface area (Å²) in [4.78, 5) is 24.5. The van der Waals surface area contributed by atoms with Crippen LogP contribution < -0.4 is 0 Å². The fraction of sp³-hybridized carbons (Fsp3) is 0.562. The lowest BCUT2D eigenvalue weighted by atomic mass is 9.84. The molecule has 118 valence electrons. The number of piperidine rings is 1. The van der Waals surface area contributed by atoms with E-state index in [4.69, 9.17) is 4.74 Å². The molecular formula is C16H20N2O4. The summed E-state index contributed by atoms with van der Waals surface area (Å²) in [6, 6.07) is 5.82. The molecule has 2 aliphatic rings. The Bertz CT molecular complexity index is 554. The minimum Gasteiger partial charge on any atom is -0.375 e. The predicted molar refractivity (Wildman–Crippen MR) is 80.8 cm³/mol. The van der Waals surface area contributed by atoms with E-state index in [0.29, 0.717) is 18.7 Å². The Morgan fingerprint density at radius 3 is 2.36 bits per heavy atom. The highest BCUT2D eigenvalue weighted by Gasteiger charge is 2.38. The Labute approximate surface area is 129 Å². The Kier molecular flexibility index (Phi) is 4.11. The van der Waals surface area contributed by atoms with Crippen molar-refractivity contribution in [3.8, 4) is 0 Å². The van der Waals surface area contributed by atoms with Gasteiger partial charge in [0.1, 0.15) is 0 Å². The molecule has 0 aliphatic carbocycles. The number of likely N-dealkylation sites (tertiary alicyclic amines) is 1. The Balaban J connectivity index is 1.63. The van der Waals surface area contributed by atoms with Gasteiger partial charge in [-0.3, -0.25) is 14.9 Å². The summed E-state index contributed by atoms with van der Waals surface area (Å²) in [5.74, 6) is -0.0550. The van der Waals surface area contributed by atoms with Crippen LogP contribution >= 0.6 is 0 Å². The number of nitro groups is 1. The zero-order valence-corrected chi connectivity index (χ0v) is 12.5. The van der Waals surface area contributed by atoms with Gasteiger partial charge in [0.15, 0.2) is 0 Å². The van der Waals surface area contributed by atoms with Crippen LogP contribution in [0.3, 0.4) is 0 Å². The zero-order valence-electron chi connectivity index (χ0n) is 12.5. The maximum absolute atomic E-state index is 12.5. The maximum atomic E-state index is 12.5. The molecule has 2 saturated heterocycles. The molecule has 0 aromatic heterocycles. The van der Waals surface area contributed by atoms with Crippen LogP contribution in [-0.4, -0.2) is 41.0 Å². The monoisotopic (exact) mass is 304 g/mol. The van der Waals surface area contributed by atoms with Gasteiger partial charge in [0.05, 0.1) is 10.5 Å². The van der Waals surface area contributed by atoms with Crippen molar-refractivity contribution in [1.29, 1.82) is 0 Å². The number of rotatable bonds is 2. The summed E-state index contributed by atoms with van der Waals surface area (Å²) in [6.45, 7) is 2.21. The van der Waals surface area contributed by atoms with Gasteiger partial charge < -0.3 is 9.64 Å². The predicted octanol–water partition coefficient (Wildman–Crippen LogP) is 2.77. The number of non-ortho nitro benzene ring substituents is 1. The van der Waals surface area contributed by atoms with Crippen molar-refractivity contribution in [2.24, 2.45) is 0 Å². The Morgan fingerprint density at radius 1 is 1.14 bits per heavy atom. The lowest BCUT2D eigenvalue weighted by Gasteiger charge is -2.44. The van der Waals surface area contributed by atoms with E-state index in [9.17, 15) is 14.9 Å². The van der Waals surface area contributed by atoms with Gasteiger partial charge in [-0.2, -0.15) is 0 Å². The smallest absolute Gasteiger partial charge is 0.269 e. The standard InChI is InChI=1S/C16H20N2O4/c19-15(13-3-5-14(6-4-13)18(20)21)17-10-8-16(9-11-17)7-1-2-12-22-16/h3-6H,1-2,7-12H2. The van der Waals surface area contributed by atoms with Crippen LogP contribution in [0.25, 0.3) is 0 Å². The van der Waals surface area contributed by atoms with Gasteiger partial charge in [-0.15, -0.1) is 0 Å². The largest absolute Gasteiger partial charge is 0.375 e. The SMILES string of the molecule is O=C(c1ccc([N+](=O)[O-])cc1)N1CCC2(CCCCO2)CC1. The molecule has 3 rings (SSSR count). The van der Waals surface area contributed by atoms with Gasteiger partial charge in [-0.25, -0.2) is 0 Å². The van der Waals surface area contributed by atoms with Crippen LogP contribution in [-0.2, 0) is 4.74 Å². The molecule has 2 aliphatic heterocycles. The fourth-order valence-corrected chi connectivity index (χ4v) is 3.33. The van der Waals surface area contributed by atoms with Crippen LogP contribution in [0.1, 0.15) is 42.5 Å². The number of nitro benzene ring substituents is 1. The van der Waals surface area contributed by atoms with Crippen molar-refractivity contribution >= 4 is 11.6 Å². The minimum absolute atomic E-state index is 0.00440. The fourth-order valence-electron chi connectivity index (χ4n) is 3.33. The second kappa shape index (κ2) is 6.04. The molecule has 1 aromatic carbocycles. The van der Waals surface area contributed by atoms with E-state index >= 15 is 0 Å². The van der Waals surface area contributed by atoms with E-state index in [1.807, 2.05) is 4.90 Å². The summed E-state index contributed by atoms with van der Waals surface area (Å²) >= 11 is 0. The highest BCUT2D eigenvalue weighted by atomic mass is 16.6. The van der Waals surface area contributed by atoms with Crippen LogP contribution in [0, 0.1) is 10.1 Å². The molecule has 0 saturated carbocycles. The van der Waals surface area contributed by atoms with Crippen molar-refractivity contribution in [1.82, 2.24) is 4.90 Å². The van der Waals surface area contributed by atoms with Gasteiger partial charge in [0, 0.05) is 37.4 Å². The molecule has 1 amide bonds. The number of hydrogen-bond acceptors (Lipinski definition) is 4. The number of carbonyl (C=O) groups excluding carboxylic acids is 1. The summed E-state index contributed by atoms with van der Waals surface area (Å²) < 4.78 is 5.97. The summed E-state index contributed by atoms with van der Waals surface area (Å²) in [7, 11) is 0. The number of nitrogens with zero attached hydrogens (tertiary/aromatic N) is 2. The second-order valence-electron chi connectivity index (χ2n) is 6.08. The third-order valence-corrected chi connectivity index (χ3v) is 4.72. The maximum Gasteiger partial charge on any atom is 0.269 e. The molecule has 0 radical (unpaired) electrons. The van der Waals surface area contributed by atoms with E-state index in [0.717, 1.165) is 32.3 Å². The van der Waals surface area contributed by atoms with Crippen molar-refractivity contribution < 1.29 is 14.5 Å². The van der Waals surface area contributed by atoms with Crippen molar-refractivity contribution in [2.45, 2.75) is 37.7 Å². The molecule has 6 nitrogen and oxygen atoms in total. The van der Waals surface area contributed by atoms with Crippen LogP contribution in [0.4, 0.5) is 5.69 Å². The molecule has 2 heterocycles. The Hall–Kier alpha value is -1.95. The lowest BCUT2D eigenvalue weighted by molar-refractivity contribution is -0.384. The first-order chi connectivity index (χ1) is 10.6. The van der Waals surface area contributed by atoms with Gasteiger partial charge in [0.25, 0.3) is 11.6 Å². The van der Waals surface area contributed by atoms with Crippen LogP contribution in [0.2, 0.25) is 0 Å². The third-order valence-electron chi connectivity index (χ3n) is 4.72. The van der Waals surface area contributed by atoms with Crippen molar-refractivity contribution in [3.63, 3.8) is 0 Å². The molecule has 1 aromatic rings. The third kappa shape index (κ3) is 2.97. The number of amides is 1. The Morgan fingerprint density at radius 2 is 1.82 bits per heavy atom. The first-order valence-corrected chi connectivity index (χ1v) is 7.77. The summed E-state index contributed by atoms with van der Waals surface area (Å²) in [6.07, 6.45) is 5.19. The average molecular weight is 304 g/mol. The molecular weight excluding hydrogens is 284 g/mol. The van der Waals surface area contributed by atoms with E-state index in [1.54, 1.807) is 0 Å². The molecule has 0 unspecified atom stereocenters. The molecule has 0 N–H and O–H groups in total. The molecule has 0 bridgehead atoms. The molecule has 0 atom stereocenters. The van der Waals surface area contributed by atoms with Gasteiger partial charge in [-0.1, -0.05) is 0 Å². The first-order valence-electron chi connectivity index (χ1n) is 7.77. The number of hydrogen-bond donors (Lipinski definition) is 0. The van der Waals surface area contributed by atoms with Crippen molar-refractivity contribution in [2.75, 3.05) is 19.7 Å². The van der Waals surface area contributed by atoms with Crippen molar-refractivity contribution in [3.05, 3.63) is 39.9 Å². The van der Waals surface area contributed by atoms with Crippen LogP contribution in [0.5, 0.6) is 0 Å². The van der Waals surface area contributed by atoms with E-state index in [1.165, 1.54) is 30.7 Å². The molecule has 1 spiro atoms. The number of carbonyl (C=O) groups is 1. The van der Waals surface area contributed by atoms with E-state index in [-0.39, 0.29) is 17.2 Å². The van der Waals surface area contributed by atoms with E-state index in [2.05, 4.69) is 0 Å². The normalized spacial score (nSPS) is 20.8. The zero-order chi connectivity index (χ0) is 15.6. The number of benzene rings is 1. The first kappa shape index (κ1) is 15.0. The lowest BCUT2D eigenvalue weighted by Crippen LogP contribution is -2.49. The van der Waals surface area contributed by atoms with Gasteiger partial charge in [-0.05, 0) is 44.2 Å². The quantitative estimate of drug-likeness (QED) is 0.622. The average Bonchev–Trinajstić information content (AvgIpc) is 2.56. The topological polar surface area (TPSA) is 72.7 Å². The number of ether oxygens (including phenoxy) is 1. The van der Waals surface area contributed by atoms with Gasteiger partial charge >= 0.3 is 0 Å².